The van der Waals surface area contributed by atoms with Gasteiger partial charge in [0.2, 0.25) is 0 Å². The van der Waals surface area contributed by atoms with Gasteiger partial charge in [-0.3, -0.25) is 0 Å². The van der Waals surface area contributed by atoms with Crippen molar-refractivity contribution in [2.24, 2.45) is 0 Å². The molecule has 0 fully saturated rings. The number of benzene rings is 4. The monoisotopic (exact) mass is 752 g/mol. The molecule has 0 aliphatic heterocycles. The molecule has 0 aromatic heterocycles. The summed E-state index contributed by atoms with van der Waals surface area (Å²) in [6.45, 7) is 37.6. The molecule has 0 saturated carbocycles. The maximum atomic E-state index is 2.58. The summed E-state index contributed by atoms with van der Waals surface area (Å²) in [6.07, 6.45) is 5.16. The van der Waals surface area contributed by atoms with Gasteiger partial charge >= 0.3 is 325 Å². The second kappa shape index (κ2) is 13.0. The van der Waals surface area contributed by atoms with Crippen LogP contribution in [-0.2, 0) is 44.9 Å². The first-order valence-corrected chi connectivity index (χ1v) is 22.0. The van der Waals surface area contributed by atoms with Crippen molar-refractivity contribution in [3.05, 3.63) is 139 Å². The van der Waals surface area contributed by atoms with E-state index in [2.05, 4.69) is 184 Å². The third-order valence-electron chi connectivity index (χ3n) is 11.6. The number of fused-ring (bicyclic) bond motifs is 2. The van der Waals surface area contributed by atoms with Crippen molar-refractivity contribution < 1.29 is 23.2 Å². The molecular formula is C50H62Zr. The Morgan fingerprint density at radius 2 is 0.647 bits per heavy atom. The molecule has 0 saturated heterocycles. The standard InChI is InChI=1S/2C25H31.Zr/c2*1-16-9-18-11-20(12-19(18)10-17(16)2)21-13-22(24(3,4)5)15-23(14-21)25(6,7)8;/h2*9-15H,1-8H3;. The van der Waals surface area contributed by atoms with Gasteiger partial charge < -0.3 is 0 Å². The van der Waals surface area contributed by atoms with Crippen LogP contribution in [0.3, 0.4) is 0 Å². The van der Waals surface area contributed by atoms with Crippen LogP contribution in [0.4, 0.5) is 0 Å². The summed E-state index contributed by atoms with van der Waals surface area (Å²) < 4.78 is 0.916. The Morgan fingerprint density at radius 1 is 0.373 bits per heavy atom. The SMILES string of the molecule is Cc1cc2c(cc1C)[CH]([Zr][CH]1C(c3cc(C(C)(C)C)cc(C(C)(C)C)c3)=Cc3cc(C)c(C)cc31)C(c1cc(C(C)(C)C)cc(C(C)(C)C)c1)=C2. The second-order valence-corrected chi connectivity index (χ2v) is 23.6. The molecule has 0 nitrogen and oxygen atoms in total. The Hall–Kier alpha value is -2.76. The fourth-order valence-corrected chi connectivity index (χ4v) is 12.7. The molecule has 0 spiro atoms. The molecule has 51 heavy (non-hydrogen) atoms. The first-order valence-electron chi connectivity index (χ1n) is 19.2. The molecular weight excluding hydrogens is 692 g/mol. The third-order valence-corrected chi connectivity index (χ3v) is 16.3. The Bertz CT molecular complexity index is 1870. The normalized spacial score (nSPS) is 17.6. The Labute approximate surface area is 322 Å². The van der Waals surface area contributed by atoms with Gasteiger partial charge in [0.15, 0.2) is 0 Å². The number of aryl methyl sites for hydroxylation is 4. The van der Waals surface area contributed by atoms with Crippen LogP contribution in [0.15, 0.2) is 60.7 Å². The van der Waals surface area contributed by atoms with E-state index in [4.69, 9.17) is 0 Å². The predicted octanol–water partition coefficient (Wildman–Crippen LogP) is 14.1. The molecule has 2 aliphatic rings. The van der Waals surface area contributed by atoms with E-state index in [1.54, 1.807) is 22.3 Å². The van der Waals surface area contributed by atoms with Crippen LogP contribution in [0.2, 0.25) is 0 Å². The summed E-state index contributed by atoms with van der Waals surface area (Å²) in [5.41, 5.74) is 23.6. The summed E-state index contributed by atoms with van der Waals surface area (Å²) in [4.78, 5) is 0. The van der Waals surface area contributed by atoms with Crippen molar-refractivity contribution in [2.45, 2.75) is 140 Å². The van der Waals surface area contributed by atoms with Crippen LogP contribution < -0.4 is 0 Å². The Balaban J connectivity index is 1.57. The first-order chi connectivity index (χ1) is 23.4. The summed E-state index contributed by atoms with van der Waals surface area (Å²) in [5, 5.41) is 0. The fourth-order valence-electron chi connectivity index (χ4n) is 7.65. The van der Waals surface area contributed by atoms with Crippen LogP contribution in [-0.4, -0.2) is 0 Å². The zero-order valence-electron chi connectivity index (χ0n) is 34.6. The minimum absolute atomic E-state index is 0.0726. The molecule has 2 unspecified atom stereocenters. The zero-order chi connectivity index (χ0) is 37.6. The number of hydrogen-bond acceptors (Lipinski definition) is 0. The number of rotatable bonds is 4. The van der Waals surface area contributed by atoms with Gasteiger partial charge in [-0.05, 0) is 0 Å². The third kappa shape index (κ3) is 7.54. The van der Waals surface area contributed by atoms with Gasteiger partial charge in [0.1, 0.15) is 0 Å². The molecule has 266 valence electrons. The van der Waals surface area contributed by atoms with E-state index < -0.39 is 23.2 Å². The average Bonchev–Trinajstić information content (AvgIpc) is 3.53. The molecule has 6 rings (SSSR count). The Kier molecular flexibility index (Phi) is 9.66. The van der Waals surface area contributed by atoms with E-state index in [9.17, 15) is 0 Å². The van der Waals surface area contributed by atoms with E-state index in [0.29, 0.717) is 7.25 Å². The van der Waals surface area contributed by atoms with Crippen LogP contribution in [0.25, 0.3) is 23.3 Å². The van der Waals surface area contributed by atoms with Crippen molar-refractivity contribution in [1.82, 2.24) is 0 Å². The molecule has 2 aliphatic carbocycles. The quantitative estimate of drug-likeness (QED) is 0.195. The summed E-state index contributed by atoms with van der Waals surface area (Å²) in [6, 6.07) is 25.1. The fraction of sp³-hybridized carbons (Fsp3) is 0.440. The van der Waals surface area contributed by atoms with Gasteiger partial charge in [0, 0.05) is 0 Å². The van der Waals surface area contributed by atoms with E-state index >= 15 is 0 Å². The second-order valence-electron chi connectivity index (χ2n) is 20.0. The van der Waals surface area contributed by atoms with Crippen molar-refractivity contribution in [3.8, 4) is 0 Å². The van der Waals surface area contributed by atoms with E-state index in [1.807, 2.05) is 0 Å². The van der Waals surface area contributed by atoms with Crippen molar-refractivity contribution in [3.63, 3.8) is 0 Å². The molecule has 0 heterocycles. The maximum absolute atomic E-state index is 2.58. The van der Waals surface area contributed by atoms with E-state index in [0.717, 1.165) is 0 Å². The van der Waals surface area contributed by atoms with Crippen LogP contribution in [0, 0.1) is 27.7 Å². The van der Waals surface area contributed by atoms with Gasteiger partial charge in [-0.2, -0.15) is 0 Å². The number of allylic oxidation sites excluding steroid dienone is 2. The molecule has 0 N–H and O–H groups in total. The molecule has 4 aromatic carbocycles. The van der Waals surface area contributed by atoms with E-state index in [-0.39, 0.29) is 21.7 Å². The van der Waals surface area contributed by atoms with Gasteiger partial charge in [0.05, 0.1) is 0 Å². The molecule has 1 heteroatoms. The molecule has 0 radical (unpaired) electrons. The predicted molar refractivity (Wildman–Crippen MR) is 221 cm³/mol. The van der Waals surface area contributed by atoms with Gasteiger partial charge in [-0.1, -0.05) is 0 Å². The molecule has 0 bridgehead atoms. The number of hydrogen-bond donors (Lipinski definition) is 0. The average molecular weight is 754 g/mol. The molecule has 0 amide bonds. The molecule has 4 aromatic rings. The van der Waals surface area contributed by atoms with Crippen molar-refractivity contribution in [2.75, 3.05) is 0 Å². The van der Waals surface area contributed by atoms with Crippen LogP contribution >= 0.6 is 0 Å². The summed E-state index contributed by atoms with van der Waals surface area (Å²) >= 11 is -1.23. The summed E-state index contributed by atoms with van der Waals surface area (Å²) in [5.74, 6) is 0. The van der Waals surface area contributed by atoms with E-state index in [1.165, 1.54) is 66.8 Å². The zero-order valence-corrected chi connectivity index (χ0v) is 37.0. The molecule has 2 atom stereocenters. The summed E-state index contributed by atoms with van der Waals surface area (Å²) in [7, 11) is 0. The Morgan fingerprint density at radius 3 is 0.922 bits per heavy atom. The van der Waals surface area contributed by atoms with Crippen LogP contribution in [0.5, 0.6) is 0 Å². The van der Waals surface area contributed by atoms with Crippen LogP contribution in [0.1, 0.15) is 168 Å². The van der Waals surface area contributed by atoms with Crippen molar-refractivity contribution >= 4 is 23.3 Å². The van der Waals surface area contributed by atoms with Gasteiger partial charge in [0.25, 0.3) is 0 Å². The minimum atomic E-state index is -1.23. The first kappa shape index (κ1) is 38.0. The van der Waals surface area contributed by atoms with Gasteiger partial charge in [-0.25, -0.2) is 0 Å². The van der Waals surface area contributed by atoms with Gasteiger partial charge in [-0.15, -0.1) is 0 Å². The van der Waals surface area contributed by atoms with Crippen molar-refractivity contribution in [1.29, 1.82) is 0 Å². The topological polar surface area (TPSA) is 0 Å².